The second kappa shape index (κ2) is 11.1. The van der Waals surface area contributed by atoms with E-state index in [1.807, 2.05) is 6.07 Å². The lowest BCUT2D eigenvalue weighted by atomic mass is 10.1. The summed E-state index contributed by atoms with van der Waals surface area (Å²) in [6, 6.07) is 16.3. The van der Waals surface area contributed by atoms with Crippen LogP contribution in [0.3, 0.4) is 0 Å². The molecule has 10 heteroatoms. The van der Waals surface area contributed by atoms with Gasteiger partial charge in [-0.3, -0.25) is 9.59 Å². The molecule has 0 fully saturated rings. The van der Waals surface area contributed by atoms with E-state index in [1.54, 1.807) is 49.4 Å². The molecule has 0 spiro atoms. The molecule has 3 aromatic rings. The summed E-state index contributed by atoms with van der Waals surface area (Å²) in [6.07, 6.45) is 1.61. The molecular weight excluding hydrogens is 440 g/mol. The number of carbonyl (C=O) groups is 3. The van der Waals surface area contributed by atoms with Gasteiger partial charge in [0.25, 0.3) is 0 Å². The molecule has 0 atom stereocenters. The molecule has 2 aromatic carbocycles. The first-order chi connectivity index (χ1) is 16.4. The van der Waals surface area contributed by atoms with E-state index in [0.29, 0.717) is 17.0 Å². The number of nitrogens with one attached hydrogen (secondary N) is 2. The molecule has 0 aliphatic carbocycles. The highest BCUT2D eigenvalue weighted by molar-refractivity contribution is 6.39. The summed E-state index contributed by atoms with van der Waals surface area (Å²) in [5, 5.41) is 15.1. The molecular formula is C24H20N4O6. The van der Waals surface area contributed by atoms with Crippen LogP contribution < -0.4 is 20.2 Å². The van der Waals surface area contributed by atoms with Gasteiger partial charge in [-0.25, -0.2) is 10.2 Å². The highest BCUT2D eigenvalue weighted by Gasteiger charge is 2.16. The Kier molecular flexibility index (Phi) is 7.75. The monoisotopic (exact) mass is 460 g/mol. The van der Waals surface area contributed by atoms with Crippen molar-refractivity contribution in [1.82, 2.24) is 5.43 Å². The van der Waals surface area contributed by atoms with Gasteiger partial charge in [0, 0.05) is 11.3 Å². The van der Waals surface area contributed by atoms with E-state index in [-0.39, 0.29) is 23.7 Å². The van der Waals surface area contributed by atoms with Crippen molar-refractivity contribution in [1.29, 1.82) is 5.26 Å². The minimum absolute atomic E-state index is 0.0444. The molecule has 0 aliphatic heterocycles. The fourth-order valence-corrected chi connectivity index (χ4v) is 2.76. The van der Waals surface area contributed by atoms with Gasteiger partial charge in [-0.05, 0) is 55.0 Å². The van der Waals surface area contributed by atoms with E-state index >= 15 is 0 Å². The van der Waals surface area contributed by atoms with Gasteiger partial charge < -0.3 is 19.2 Å². The van der Waals surface area contributed by atoms with E-state index in [2.05, 4.69) is 15.8 Å². The highest BCUT2D eigenvalue weighted by atomic mass is 16.6. The van der Waals surface area contributed by atoms with Crippen molar-refractivity contribution in [2.75, 3.05) is 12.4 Å². The summed E-state index contributed by atoms with van der Waals surface area (Å²) < 4.78 is 15.6. The Morgan fingerprint density at radius 1 is 1.06 bits per heavy atom. The van der Waals surface area contributed by atoms with E-state index in [9.17, 15) is 14.4 Å². The third kappa shape index (κ3) is 6.08. The maximum Gasteiger partial charge on any atom is 0.379 e. The molecule has 0 bridgehead atoms. The third-order valence-electron chi connectivity index (χ3n) is 4.53. The molecule has 0 saturated carbocycles. The molecule has 0 unspecified atom stereocenters. The minimum atomic E-state index is -0.962. The number of carbonyl (C=O) groups excluding carboxylic acids is 3. The fraction of sp³-hybridized carbons (Fsp3) is 0.125. The number of benzene rings is 2. The summed E-state index contributed by atoms with van der Waals surface area (Å²) >= 11 is 0. The van der Waals surface area contributed by atoms with Crippen molar-refractivity contribution >= 4 is 29.2 Å². The van der Waals surface area contributed by atoms with Gasteiger partial charge in [0.05, 0.1) is 31.6 Å². The Hall–Kier alpha value is -4.91. The molecule has 2 N–H and O–H groups in total. The Morgan fingerprint density at radius 3 is 2.47 bits per heavy atom. The summed E-state index contributed by atoms with van der Waals surface area (Å²) in [5.41, 5.74) is 4.33. The third-order valence-corrected chi connectivity index (χ3v) is 4.53. The maximum absolute atomic E-state index is 12.1. The molecule has 172 valence electrons. The number of amides is 2. The van der Waals surface area contributed by atoms with Crippen molar-refractivity contribution in [3.8, 4) is 17.6 Å². The zero-order valence-corrected chi connectivity index (χ0v) is 18.3. The maximum atomic E-state index is 12.1. The van der Waals surface area contributed by atoms with Crippen LogP contribution in [0.2, 0.25) is 0 Å². The van der Waals surface area contributed by atoms with Crippen LogP contribution in [0.1, 0.15) is 28.6 Å². The Balaban J connectivity index is 1.62. The average Bonchev–Trinajstić information content (AvgIpc) is 3.39. The number of hydrogen-bond donors (Lipinski definition) is 2. The number of hydrazone groups is 1. The van der Waals surface area contributed by atoms with Crippen LogP contribution >= 0.6 is 0 Å². The minimum Gasteiger partial charge on any atom is -0.493 e. The lowest BCUT2D eigenvalue weighted by Gasteiger charge is -2.10. The van der Waals surface area contributed by atoms with Crippen LogP contribution in [-0.2, 0) is 16.0 Å². The van der Waals surface area contributed by atoms with Gasteiger partial charge in [-0.15, -0.1) is 0 Å². The Bertz CT molecular complexity index is 1260. The van der Waals surface area contributed by atoms with Gasteiger partial charge in [0.15, 0.2) is 11.5 Å². The first kappa shape index (κ1) is 23.7. The van der Waals surface area contributed by atoms with E-state index in [4.69, 9.17) is 19.2 Å². The number of hydrogen-bond acceptors (Lipinski definition) is 8. The molecule has 1 heterocycles. The van der Waals surface area contributed by atoms with Gasteiger partial charge in [0.2, 0.25) is 5.76 Å². The van der Waals surface area contributed by atoms with E-state index in [1.165, 1.54) is 25.5 Å². The number of ether oxygens (including phenoxy) is 2. The van der Waals surface area contributed by atoms with Crippen LogP contribution in [0.25, 0.3) is 0 Å². The summed E-state index contributed by atoms with van der Waals surface area (Å²) in [4.78, 5) is 36.3. The molecule has 2 amide bonds. The highest BCUT2D eigenvalue weighted by Crippen LogP contribution is 2.29. The summed E-state index contributed by atoms with van der Waals surface area (Å²) in [7, 11) is 1.41. The fourth-order valence-electron chi connectivity index (χ4n) is 2.76. The first-order valence-corrected chi connectivity index (χ1v) is 9.97. The van der Waals surface area contributed by atoms with Gasteiger partial charge in [-0.2, -0.15) is 10.4 Å². The molecule has 10 nitrogen and oxygen atoms in total. The SMILES string of the molecule is COc1cc(/C(C)=N/NC(=O)C(=O)Nc2ccc(CC#N)cc2)ccc1OC(=O)c1ccco1. The zero-order valence-electron chi connectivity index (χ0n) is 18.3. The molecule has 34 heavy (non-hydrogen) atoms. The van der Waals surface area contributed by atoms with Crippen LogP contribution in [0.15, 0.2) is 70.4 Å². The standard InChI is InChI=1S/C24H20N4O6/c1-15(27-28-23(30)22(29)26-18-8-5-16(6-9-18)11-12-25)17-7-10-19(21(14-17)32-2)34-24(31)20-4-3-13-33-20/h3-10,13-14H,11H2,1-2H3,(H,26,29)(H,28,30)/b27-15+. The van der Waals surface area contributed by atoms with Crippen LogP contribution in [0.5, 0.6) is 11.5 Å². The van der Waals surface area contributed by atoms with Gasteiger partial charge >= 0.3 is 17.8 Å². The lowest BCUT2D eigenvalue weighted by Crippen LogP contribution is -2.32. The molecule has 0 saturated heterocycles. The topological polar surface area (TPSA) is 143 Å². The Labute approximate surface area is 194 Å². The van der Waals surface area contributed by atoms with Crippen LogP contribution in [0.4, 0.5) is 5.69 Å². The quantitative estimate of drug-likeness (QED) is 0.181. The van der Waals surface area contributed by atoms with Crippen molar-refractivity contribution in [2.24, 2.45) is 5.10 Å². The number of furan rings is 1. The van der Waals surface area contributed by atoms with Crippen LogP contribution in [0, 0.1) is 11.3 Å². The van der Waals surface area contributed by atoms with Crippen molar-refractivity contribution in [3.05, 3.63) is 77.7 Å². The average molecular weight is 460 g/mol. The second-order valence-corrected chi connectivity index (χ2v) is 6.86. The smallest absolute Gasteiger partial charge is 0.379 e. The lowest BCUT2D eigenvalue weighted by molar-refractivity contribution is -0.136. The van der Waals surface area contributed by atoms with Crippen LogP contribution in [-0.4, -0.2) is 30.6 Å². The number of methoxy groups -OCH3 is 1. The number of anilines is 1. The van der Waals surface area contributed by atoms with Gasteiger partial charge in [-0.1, -0.05) is 12.1 Å². The normalized spacial score (nSPS) is 10.7. The summed E-state index contributed by atoms with van der Waals surface area (Å²) in [5.74, 6) is -2.07. The Morgan fingerprint density at radius 2 is 1.82 bits per heavy atom. The predicted molar refractivity (Wildman–Crippen MR) is 121 cm³/mol. The van der Waals surface area contributed by atoms with Gasteiger partial charge in [0.1, 0.15) is 0 Å². The van der Waals surface area contributed by atoms with Crippen molar-refractivity contribution < 1.29 is 28.3 Å². The predicted octanol–water partition coefficient (Wildman–Crippen LogP) is 3.05. The number of nitriles is 1. The first-order valence-electron chi connectivity index (χ1n) is 9.97. The van der Waals surface area contributed by atoms with Crippen molar-refractivity contribution in [3.63, 3.8) is 0 Å². The second-order valence-electron chi connectivity index (χ2n) is 6.86. The number of rotatable bonds is 7. The molecule has 0 radical (unpaired) electrons. The van der Waals surface area contributed by atoms with Crippen molar-refractivity contribution in [2.45, 2.75) is 13.3 Å². The number of nitrogens with zero attached hydrogens (tertiary/aromatic N) is 2. The number of esters is 1. The van der Waals surface area contributed by atoms with E-state index in [0.717, 1.165) is 5.56 Å². The van der Waals surface area contributed by atoms with E-state index < -0.39 is 17.8 Å². The molecule has 1 aromatic heterocycles. The summed E-state index contributed by atoms with van der Waals surface area (Å²) in [6.45, 7) is 1.62. The molecule has 0 aliphatic rings. The largest absolute Gasteiger partial charge is 0.493 e. The molecule has 3 rings (SSSR count). The zero-order chi connectivity index (χ0) is 24.5.